The summed E-state index contributed by atoms with van der Waals surface area (Å²) in [6.07, 6.45) is 0. The van der Waals surface area contributed by atoms with Crippen LogP contribution in [0.1, 0.15) is 13.8 Å². The van der Waals surface area contributed by atoms with Crippen molar-refractivity contribution in [2.45, 2.75) is 20.4 Å². The fourth-order valence-electron chi connectivity index (χ4n) is 3.49. The van der Waals surface area contributed by atoms with E-state index in [1.54, 1.807) is 5.51 Å². The van der Waals surface area contributed by atoms with Gasteiger partial charge >= 0.3 is 0 Å². The third-order valence-corrected chi connectivity index (χ3v) is 5.80. The molecule has 2 aromatic heterocycles. The number of nitrogens with one attached hydrogen (secondary N) is 1. The van der Waals surface area contributed by atoms with Crippen molar-refractivity contribution < 1.29 is 4.79 Å². The van der Waals surface area contributed by atoms with Gasteiger partial charge in [0.25, 0.3) is 0 Å². The van der Waals surface area contributed by atoms with E-state index in [0.29, 0.717) is 10.8 Å². The summed E-state index contributed by atoms with van der Waals surface area (Å²) in [4.78, 5) is 21.9. The maximum absolute atomic E-state index is 12.8. The van der Waals surface area contributed by atoms with Crippen molar-refractivity contribution in [1.29, 1.82) is 0 Å². The summed E-state index contributed by atoms with van der Waals surface area (Å²) >= 11 is 7.47. The SMILES string of the molecule is CC.O=C(Cn1c(-c2cscn2)nc2ccccc21)Nc1ccc(-c2ccc(Cl)cc2)cc1. The van der Waals surface area contributed by atoms with Crippen molar-refractivity contribution >= 4 is 45.6 Å². The summed E-state index contributed by atoms with van der Waals surface area (Å²) in [5.41, 5.74) is 7.13. The highest BCUT2D eigenvalue weighted by atomic mass is 35.5. The standard InChI is InChI=1S/C24H17ClN4OS.C2H6/c25-18-9-5-16(6-10-18)17-7-11-19(12-8-17)27-23(30)13-29-22-4-2-1-3-20(22)28-24(29)21-14-31-15-26-21;1-2/h1-12,14-15H,13H2,(H,27,30);1-2H3. The number of halogens is 1. The predicted octanol–water partition coefficient (Wildman–Crippen LogP) is 7.15. The van der Waals surface area contributed by atoms with Gasteiger partial charge in [0.05, 0.1) is 16.5 Å². The van der Waals surface area contributed by atoms with Crippen molar-refractivity contribution in [2.75, 3.05) is 5.32 Å². The second-order valence-corrected chi connectivity index (χ2v) is 8.17. The van der Waals surface area contributed by atoms with Crippen molar-refractivity contribution in [3.8, 4) is 22.6 Å². The molecule has 0 spiro atoms. The molecule has 0 aliphatic carbocycles. The molecule has 0 unspecified atom stereocenters. The highest BCUT2D eigenvalue weighted by molar-refractivity contribution is 7.07. The van der Waals surface area contributed by atoms with Gasteiger partial charge in [-0.05, 0) is 47.5 Å². The van der Waals surface area contributed by atoms with Crippen LogP contribution in [0.2, 0.25) is 5.02 Å². The first-order valence-corrected chi connectivity index (χ1v) is 12.0. The van der Waals surface area contributed by atoms with Crippen molar-refractivity contribution in [2.24, 2.45) is 0 Å². The van der Waals surface area contributed by atoms with Crippen LogP contribution in [0.15, 0.2) is 83.7 Å². The Morgan fingerprint density at radius 1 is 0.970 bits per heavy atom. The van der Waals surface area contributed by atoms with Crippen LogP contribution < -0.4 is 5.32 Å². The first kappa shape index (κ1) is 22.7. The molecular weight excluding hydrogens is 452 g/mol. The minimum Gasteiger partial charge on any atom is -0.325 e. The molecule has 0 bridgehead atoms. The molecule has 0 fully saturated rings. The summed E-state index contributed by atoms with van der Waals surface area (Å²) < 4.78 is 1.90. The third-order valence-electron chi connectivity index (χ3n) is 4.96. The van der Waals surface area contributed by atoms with Gasteiger partial charge in [-0.25, -0.2) is 9.97 Å². The van der Waals surface area contributed by atoms with Crippen LogP contribution in [0.5, 0.6) is 0 Å². The number of para-hydroxylation sites is 2. The van der Waals surface area contributed by atoms with Gasteiger partial charge in [-0.3, -0.25) is 4.79 Å². The largest absolute Gasteiger partial charge is 0.325 e. The van der Waals surface area contributed by atoms with E-state index in [4.69, 9.17) is 11.6 Å². The maximum Gasteiger partial charge on any atom is 0.244 e. The number of hydrogen-bond acceptors (Lipinski definition) is 4. The molecule has 0 radical (unpaired) electrons. The smallest absolute Gasteiger partial charge is 0.244 e. The Kier molecular flexibility index (Phi) is 7.17. The quantitative estimate of drug-likeness (QED) is 0.294. The molecule has 0 saturated carbocycles. The Bertz CT molecular complexity index is 1340. The van der Waals surface area contributed by atoms with Crippen LogP contribution in [0.4, 0.5) is 5.69 Å². The van der Waals surface area contributed by atoms with E-state index < -0.39 is 0 Å². The van der Waals surface area contributed by atoms with Crippen LogP contribution in [0, 0.1) is 0 Å². The molecule has 5 rings (SSSR count). The highest BCUT2D eigenvalue weighted by Gasteiger charge is 2.16. The first-order valence-electron chi connectivity index (χ1n) is 10.7. The molecular formula is C26H23ClN4OS. The lowest BCUT2D eigenvalue weighted by atomic mass is 10.1. The molecule has 0 saturated heterocycles. The summed E-state index contributed by atoms with van der Waals surface area (Å²) in [5, 5.41) is 5.62. The van der Waals surface area contributed by atoms with Gasteiger partial charge in [0.1, 0.15) is 12.2 Å². The van der Waals surface area contributed by atoms with Gasteiger partial charge in [-0.15, -0.1) is 11.3 Å². The molecule has 33 heavy (non-hydrogen) atoms. The van der Waals surface area contributed by atoms with Crippen molar-refractivity contribution in [3.05, 3.63) is 88.7 Å². The number of rotatable bonds is 5. The molecule has 7 heteroatoms. The van der Waals surface area contributed by atoms with E-state index in [2.05, 4.69) is 15.3 Å². The molecule has 166 valence electrons. The fraction of sp³-hybridized carbons (Fsp3) is 0.115. The number of carbonyl (C=O) groups excluding carboxylic acids is 1. The monoisotopic (exact) mass is 474 g/mol. The van der Waals surface area contributed by atoms with Crippen LogP contribution in [-0.4, -0.2) is 20.4 Å². The molecule has 0 aliphatic heterocycles. The van der Waals surface area contributed by atoms with Crippen molar-refractivity contribution in [3.63, 3.8) is 0 Å². The lowest BCUT2D eigenvalue weighted by Crippen LogP contribution is -2.19. The molecule has 0 atom stereocenters. The van der Waals surface area contributed by atoms with Gasteiger partial charge in [-0.2, -0.15) is 0 Å². The Hall–Kier alpha value is -3.48. The number of imidazole rings is 1. The number of amides is 1. The minimum absolute atomic E-state index is 0.126. The van der Waals surface area contributed by atoms with Crippen LogP contribution in [-0.2, 0) is 11.3 Å². The zero-order valence-corrected chi connectivity index (χ0v) is 19.9. The van der Waals surface area contributed by atoms with Crippen LogP contribution >= 0.6 is 22.9 Å². The van der Waals surface area contributed by atoms with E-state index >= 15 is 0 Å². The number of anilines is 1. The second-order valence-electron chi connectivity index (χ2n) is 7.02. The average molecular weight is 475 g/mol. The molecule has 0 aliphatic rings. The Morgan fingerprint density at radius 3 is 2.30 bits per heavy atom. The fourth-order valence-corrected chi connectivity index (χ4v) is 4.14. The second kappa shape index (κ2) is 10.4. The average Bonchev–Trinajstić information content (AvgIpc) is 3.50. The predicted molar refractivity (Wildman–Crippen MR) is 138 cm³/mol. The van der Waals surface area contributed by atoms with Crippen LogP contribution in [0.25, 0.3) is 33.7 Å². The summed E-state index contributed by atoms with van der Waals surface area (Å²) in [7, 11) is 0. The molecule has 1 N–H and O–H groups in total. The van der Waals surface area contributed by atoms with Gasteiger partial charge in [-0.1, -0.05) is 61.8 Å². The number of benzene rings is 3. The molecule has 1 amide bonds. The normalized spacial score (nSPS) is 10.5. The van der Waals surface area contributed by atoms with E-state index in [9.17, 15) is 4.79 Å². The molecule has 5 aromatic rings. The first-order chi connectivity index (χ1) is 16.2. The summed E-state index contributed by atoms with van der Waals surface area (Å²) in [5.74, 6) is 0.564. The van der Waals surface area contributed by atoms with Gasteiger partial charge in [0.15, 0.2) is 5.82 Å². The van der Waals surface area contributed by atoms with E-state index in [0.717, 1.165) is 33.5 Å². The number of carbonyl (C=O) groups is 1. The van der Waals surface area contributed by atoms with E-state index in [-0.39, 0.29) is 12.5 Å². The molecule has 5 nitrogen and oxygen atoms in total. The molecule has 2 heterocycles. The van der Waals surface area contributed by atoms with Crippen LogP contribution in [0.3, 0.4) is 0 Å². The number of thiazole rings is 1. The summed E-state index contributed by atoms with van der Waals surface area (Å²) in [6, 6.07) is 23.2. The Balaban J connectivity index is 0.00000126. The van der Waals surface area contributed by atoms with Gasteiger partial charge in [0.2, 0.25) is 5.91 Å². The Labute approximate surface area is 201 Å². The number of fused-ring (bicyclic) bond motifs is 1. The highest BCUT2D eigenvalue weighted by Crippen LogP contribution is 2.26. The number of nitrogens with zero attached hydrogens (tertiary/aromatic N) is 3. The van der Waals surface area contributed by atoms with E-state index in [1.807, 2.05) is 96.6 Å². The van der Waals surface area contributed by atoms with Crippen molar-refractivity contribution in [1.82, 2.24) is 14.5 Å². The minimum atomic E-state index is -0.126. The number of aromatic nitrogens is 3. The van der Waals surface area contributed by atoms with Gasteiger partial charge < -0.3 is 9.88 Å². The van der Waals surface area contributed by atoms with E-state index in [1.165, 1.54) is 11.3 Å². The third kappa shape index (κ3) is 5.13. The maximum atomic E-state index is 12.8. The lowest BCUT2D eigenvalue weighted by molar-refractivity contribution is -0.116. The summed E-state index contributed by atoms with van der Waals surface area (Å²) in [6.45, 7) is 4.15. The zero-order chi connectivity index (χ0) is 23.2. The zero-order valence-electron chi connectivity index (χ0n) is 18.3. The molecule has 3 aromatic carbocycles. The van der Waals surface area contributed by atoms with Gasteiger partial charge in [0, 0.05) is 16.1 Å². The lowest BCUT2D eigenvalue weighted by Gasteiger charge is -2.10. The topological polar surface area (TPSA) is 59.8 Å². The number of hydrogen-bond donors (Lipinski definition) is 1. The Morgan fingerprint density at radius 2 is 1.64 bits per heavy atom.